The summed E-state index contributed by atoms with van der Waals surface area (Å²) in [7, 11) is 0. The molecule has 4 rings (SSSR count). The van der Waals surface area contributed by atoms with Crippen LogP contribution in [-0.4, -0.2) is 25.5 Å². The minimum atomic E-state index is 0.558. The van der Waals surface area contributed by atoms with Gasteiger partial charge in [-0.25, -0.2) is 0 Å². The van der Waals surface area contributed by atoms with E-state index in [-0.39, 0.29) is 0 Å². The van der Waals surface area contributed by atoms with E-state index in [0.717, 1.165) is 27.8 Å². The molecular formula is C18H20N4S. The molecule has 1 aromatic carbocycles. The normalized spacial score (nSPS) is 14.3. The molecule has 1 fully saturated rings. The predicted octanol–water partition coefficient (Wildman–Crippen LogP) is 4.82. The van der Waals surface area contributed by atoms with Crippen molar-refractivity contribution in [3.05, 3.63) is 42.1 Å². The summed E-state index contributed by atoms with van der Waals surface area (Å²) in [5, 5.41) is 11.2. The maximum Gasteiger partial charge on any atom is 0.192 e. The minimum absolute atomic E-state index is 0.558. The molecule has 118 valence electrons. The van der Waals surface area contributed by atoms with Crippen molar-refractivity contribution in [3.63, 3.8) is 0 Å². The lowest BCUT2D eigenvalue weighted by Crippen LogP contribution is -1.99. The Labute approximate surface area is 140 Å². The molecule has 1 aliphatic rings. The summed E-state index contributed by atoms with van der Waals surface area (Å²) in [5.74, 6) is 1.94. The van der Waals surface area contributed by atoms with E-state index in [4.69, 9.17) is 0 Å². The quantitative estimate of drug-likeness (QED) is 0.540. The molecule has 0 saturated heterocycles. The monoisotopic (exact) mass is 324 g/mol. The topological polar surface area (TPSA) is 46.5 Å². The van der Waals surface area contributed by atoms with Crippen LogP contribution in [0.3, 0.4) is 0 Å². The number of rotatable bonds is 5. The first-order valence-corrected chi connectivity index (χ1v) is 9.00. The number of aromatic nitrogens is 4. The maximum absolute atomic E-state index is 4.52. The number of allylic oxidation sites excluding steroid dienone is 1. The molecule has 5 heteroatoms. The fourth-order valence-corrected chi connectivity index (χ4v) is 3.80. The van der Waals surface area contributed by atoms with Gasteiger partial charge in [-0.15, -0.1) is 10.2 Å². The Morgan fingerprint density at radius 3 is 2.91 bits per heavy atom. The SMILES string of the molecule is CC(C)=CCSc1nnc(-c2c[nH]c3ccccc23)n1C1CC1. The molecule has 0 radical (unpaired) electrons. The fourth-order valence-electron chi connectivity index (χ4n) is 2.76. The number of fused-ring (bicyclic) bond motifs is 1. The maximum atomic E-state index is 4.52. The number of hydrogen-bond donors (Lipinski definition) is 1. The molecule has 1 aliphatic carbocycles. The number of nitrogens with one attached hydrogen (secondary N) is 1. The molecule has 23 heavy (non-hydrogen) atoms. The summed E-state index contributed by atoms with van der Waals surface area (Å²) in [4.78, 5) is 3.34. The van der Waals surface area contributed by atoms with Crippen molar-refractivity contribution >= 4 is 22.7 Å². The molecule has 0 unspecified atom stereocenters. The molecule has 4 nitrogen and oxygen atoms in total. The molecule has 0 spiro atoms. The average Bonchev–Trinajstić information content (AvgIpc) is 3.15. The van der Waals surface area contributed by atoms with Gasteiger partial charge in [0, 0.05) is 34.5 Å². The van der Waals surface area contributed by atoms with E-state index in [1.807, 2.05) is 0 Å². The largest absolute Gasteiger partial charge is 0.360 e. The highest BCUT2D eigenvalue weighted by molar-refractivity contribution is 7.99. The standard InChI is InChI=1S/C18H20N4S/c1-12(2)9-10-23-18-21-20-17(22(18)13-7-8-13)15-11-19-16-6-4-3-5-14(15)16/h3-6,9,11,13,19H,7-8,10H2,1-2H3. The van der Waals surface area contributed by atoms with E-state index in [9.17, 15) is 0 Å². The Kier molecular flexibility index (Phi) is 3.73. The molecule has 1 saturated carbocycles. The van der Waals surface area contributed by atoms with Gasteiger partial charge in [0.25, 0.3) is 0 Å². The van der Waals surface area contributed by atoms with Gasteiger partial charge >= 0.3 is 0 Å². The molecule has 2 aromatic heterocycles. The number of nitrogens with zero attached hydrogens (tertiary/aromatic N) is 3. The number of para-hydroxylation sites is 1. The zero-order chi connectivity index (χ0) is 15.8. The Morgan fingerprint density at radius 2 is 2.13 bits per heavy atom. The minimum Gasteiger partial charge on any atom is -0.360 e. The van der Waals surface area contributed by atoms with Crippen LogP contribution in [0.2, 0.25) is 0 Å². The first-order chi connectivity index (χ1) is 11.2. The summed E-state index contributed by atoms with van der Waals surface area (Å²) in [5.41, 5.74) is 3.63. The van der Waals surface area contributed by atoms with E-state index in [0.29, 0.717) is 6.04 Å². The summed E-state index contributed by atoms with van der Waals surface area (Å²) in [6, 6.07) is 8.92. The Balaban J connectivity index is 1.74. The second-order valence-electron chi connectivity index (χ2n) is 6.25. The smallest absolute Gasteiger partial charge is 0.192 e. The van der Waals surface area contributed by atoms with Crippen LogP contribution in [0.15, 0.2) is 47.3 Å². The van der Waals surface area contributed by atoms with Crippen molar-refractivity contribution in [2.75, 3.05) is 5.75 Å². The summed E-state index contributed by atoms with van der Waals surface area (Å²) in [6.07, 6.45) is 6.74. The zero-order valence-electron chi connectivity index (χ0n) is 13.4. The van der Waals surface area contributed by atoms with E-state index in [1.54, 1.807) is 11.8 Å². The third kappa shape index (κ3) is 2.81. The van der Waals surface area contributed by atoms with Gasteiger partial charge < -0.3 is 4.98 Å². The summed E-state index contributed by atoms with van der Waals surface area (Å²) < 4.78 is 2.33. The summed E-state index contributed by atoms with van der Waals surface area (Å²) >= 11 is 1.77. The zero-order valence-corrected chi connectivity index (χ0v) is 14.2. The van der Waals surface area contributed by atoms with Crippen LogP contribution in [-0.2, 0) is 0 Å². The van der Waals surface area contributed by atoms with Crippen molar-refractivity contribution < 1.29 is 0 Å². The van der Waals surface area contributed by atoms with E-state index in [2.05, 4.69) is 70.1 Å². The van der Waals surface area contributed by atoms with Gasteiger partial charge in [-0.1, -0.05) is 41.6 Å². The van der Waals surface area contributed by atoms with Crippen molar-refractivity contribution in [1.82, 2.24) is 19.7 Å². The van der Waals surface area contributed by atoms with Crippen LogP contribution in [0.5, 0.6) is 0 Å². The van der Waals surface area contributed by atoms with Gasteiger partial charge in [0.1, 0.15) is 0 Å². The van der Waals surface area contributed by atoms with Gasteiger partial charge in [-0.3, -0.25) is 4.57 Å². The number of benzene rings is 1. The van der Waals surface area contributed by atoms with E-state index < -0.39 is 0 Å². The first kappa shape index (κ1) is 14.6. The van der Waals surface area contributed by atoms with Crippen LogP contribution in [0.4, 0.5) is 0 Å². The molecule has 3 aromatic rings. The van der Waals surface area contributed by atoms with Gasteiger partial charge in [0.15, 0.2) is 11.0 Å². The summed E-state index contributed by atoms with van der Waals surface area (Å²) in [6.45, 7) is 4.26. The van der Waals surface area contributed by atoms with Crippen molar-refractivity contribution in [3.8, 4) is 11.4 Å². The van der Waals surface area contributed by atoms with Gasteiger partial charge in [0.05, 0.1) is 0 Å². The Morgan fingerprint density at radius 1 is 1.30 bits per heavy atom. The third-order valence-corrected chi connectivity index (χ3v) is 4.98. The lowest BCUT2D eigenvalue weighted by atomic mass is 10.1. The predicted molar refractivity (Wildman–Crippen MR) is 95.7 cm³/mol. The van der Waals surface area contributed by atoms with Crippen LogP contribution in [0.1, 0.15) is 32.7 Å². The second kappa shape index (κ2) is 5.89. The van der Waals surface area contributed by atoms with E-state index >= 15 is 0 Å². The second-order valence-corrected chi connectivity index (χ2v) is 7.23. The molecular weight excluding hydrogens is 304 g/mol. The highest BCUT2D eigenvalue weighted by Crippen LogP contribution is 2.42. The number of hydrogen-bond acceptors (Lipinski definition) is 3. The molecule has 0 amide bonds. The lowest BCUT2D eigenvalue weighted by molar-refractivity contribution is 0.670. The fraction of sp³-hybridized carbons (Fsp3) is 0.333. The Hall–Kier alpha value is -2.01. The van der Waals surface area contributed by atoms with Gasteiger partial charge in [0.2, 0.25) is 0 Å². The average molecular weight is 324 g/mol. The number of H-pyrrole nitrogens is 1. The third-order valence-electron chi connectivity index (χ3n) is 4.11. The van der Waals surface area contributed by atoms with Crippen LogP contribution in [0.25, 0.3) is 22.3 Å². The molecule has 2 heterocycles. The highest BCUT2D eigenvalue weighted by atomic mass is 32.2. The number of aromatic amines is 1. The van der Waals surface area contributed by atoms with Crippen molar-refractivity contribution in [2.24, 2.45) is 0 Å². The molecule has 0 aliphatic heterocycles. The van der Waals surface area contributed by atoms with Gasteiger partial charge in [-0.2, -0.15) is 0 Å². The highest BCUT2D eigenvalue weighted by Gasteiger charge is 2.30. The molecule has 0 bridgehead atoms. The van der Waals surface area contributed by atoms with E-state index in [1.165, 1.54) is 23.8 Å². The van der Waals surface area contributed by atoms with Crippen LogP contribution >= 0.6 is 11.8 Å². The van der Waals surface area contributed by atoms with Crippen LogP contribution < -0.4 is 0 Å². The lowest BCUT2D eigenvalue weighted by Gasteiger charge is -2.07. The molecule has 0 atom stereocenters. The van der Waals surface area contributed by atoms with Crippen molar-refractivity contribution in [2.45, 2.75) is 37.9 Å². The van der Waals surface area contributed by atoms with Crippen LogP contribution in [0, 0.1) is 0 Å². The number of thioether (sulfide) groups is 1. The molecule has 1 N–H and O–H groups in total. The Bertz CT molecular complexity index is 866. The first-order valence-electron chi connectivity index (χ1n) is 8.01. The van der Waals surface area contributed by atoms with Gasteiger partial charge in [-0.05, 0) is 32.8 Å². The van der Waals surface area contributed by atoms with Crippen molar-refractivity contribution in [1.29, 1.82) is 0 Å².